The molecule has 0 saturated heterocycles. The molecule has 0 spiro atoms. The molecular weight excluding hydrogens is 528 g/mol. The third-order valence-electron chi connectivity index (χ3n) is 5.94. The molecule has 3 aromatic rings. The molecule has 3 rings (SSSR count). The van der Waals surface area contributed by atoms with Gasteiger partial charge >= 0.3 is 11.9 Å². The van der Waals surface area contributed by atoms with E-state index in [0.717, 1.165) is 65.3 Å². The van der Waals surface area contributed by atoms with Crippen molar-refractivity contribution in [3.63, 3.8) is 0 Å². The highest BCUT2D eigenvalue weighted by Crippen LogP contribution is 2.15. The SMILES string of the molecule is C=CC(=O)OCCOc1ccc(C#Cc2ccc(C#Cc3ccc(OCCCCCC=CC(=O)O)cc3)cc2C)cc1. The number of hydrogen-bond acceptors (Lipinski definition) is 5. The van der Waals surface area contributed by atoms with Gasteiger partial charge in [-0.25, -0.2) is 9.59 Å². The topological polar surface area (TPSA) is 82.1 Å². The van der Waals surface area contributed by atoms with Crippen molar-refractivity contribution >= 4 is 11.9 Å². The van der Waals surface area contributed by atoms with Crippen LogP contribution in [-0.2, 0) is 14.3 Å². The van der Waals surface area contributed by atoms with Gasteiger partial charge in [0.2, 0.25) is 0 Å². The lowest BCUT2D eigenvalue weighted by molar-refractivity contribution is -0.138. The van der Waals surface area contributed by atoms with Crippen LogP contribution in [0.25, 0.3) is 0 Å². The number of carbonyl (C=O) groups excluding carboxylic acids is 1. The lowest BCUT2D eigenvalue weighted by Crippen LogP contribution is -2.10. The Labute approximate surface area is 247 Å². The fourth-order valence-electron chi connectivity index (χ4n) is 3.71. The van der Waals surface area contributed by atoms with Crippen LogP contribution in [0.4, 0.5) is 0 Å². The number of ether oxygens (including phenoxy) is 3. The zero-order valence-electron chi connectivity index (χ0n) is 23.7. The maximum atomic E-state index is 11.0. The molecule has 0 heterocycles. The predicted molar refractivity (Wildman–Crippen MR) is 163 cm³/mol. The van der Waals surface area contributed by atoms with Crippen LogP contribution in [0.3, 0.4) is 0 Å². The van der Waals surface area contributed by atoms with Crippen molar-refractivity contribution in [2.24, 2.45) is 0 Å². The Bertz CT molecular complexity index is 1490. The molecule has 0 unspecified atom stereocenters. The molecule has 214 valence electrons. The Hall–Kier alpha value is -5.20. The molecule has 42 heavy (non-hydrogen) atoms. The molecule has 0 aliphatic carbocycles. The van der Waals surface area contributed by atoms with Gasteiger partial charge < -0.3 is 19.3 Å². The second-order valence-corrected chi connectivity index (χ2v) is 9.24. The molecule has 0 radical (unpaired) electrons. The molecule has 0 saturated carbocycles. The minimum atomic E-state index is -0.906. The van der Waals surface area contributed by atoms with E-state index >= 15 is 0 Å². The number of benzene rings is 3. The second kappa shape index (κ2) is 17.5. The molecule has 6 heteroatoms. The lowest BCUT2D eigenvalue weighted by atomic mass is 10.0. The largest absolute Gasteiger partial charge is 0.494 e. The summed E-state index contributed by atoms with van der Waals surface area (Å²) < 4.78 is 16.2. The van der Waals surface area contributed by atoms with Gasteiger partial charge in [-0.2, -0.15) is 0 Å². The van der Waals surface area contributed by atoms with Crippen molar-refractivity contribution in [2.75, 3.05) is 19.8 Å². The number of carbonyl (C=O) groups is 2. The van der Waals surface area contributed by atoms with Crippen LogP contribution in [0.2, 0.25) is 0 Å². The Balaban J connectivity index is 1.45. The molecule has 0 aromatic heterocycles. The van der Waals surface area contributed by atoms with Gasteiger partial charge in [0.15, 0.2) is 0 Å². The third-order valence-corrected chi connectivity index (χ3v) is 5.94. The number of esters is 1. The smallest absolute Gasteiger partial charge is 0.330 e. The van der Waals surface area contributed by atoms with Crippen molar-refractivity contribution in [2.45, 2.75) is 32.6 Å². The summed E-state index contributed by atoms with van der Waals surface area (Å²) in [6, 6.07) is 21.1. The number of rotatable bonds is 13. The fraction of sp³-hybridized carbons (Fsp3) is 0.222. The summed E-state index contributed by atoms with van der Waals surface area (Å²) in [4.78, 5) is 21.5. The van der Waals surface area contributed by atoms with Gasteiger partial charge in [-0.05, 0) is 105 Å². The zero-order valence-corrected chi connectivity index (χ0v) is 23.7. The van der Waals surface area contributed by atoms with Crippen molar-refractivity contribution in [1.29, 1.82) is 0 Å². The summed E-state index contributed by atoms with van der Waals surface area (Å²) in [7, 11) is 0. The monoisotopic (exact) mass is 562 g/mol. The molecule has 1 N–H and O–H groups in total. The van der Waals surface area contributed by atoms with Gasteiger partial charge in [-0.3, -0.25) is 0 Å². The first-order valence-corrected chi connectivity index (χ1v) is 13.7. The maximum absolute atomic E-state index is 11.0. The molecule has 0 amide bonds. The second-order valence-electron chi connectivity index (χ2n) is 9.24. The van der Waals surface area contributed by atoms with Crippen molar-refractivity contribution < 1.29 is 28.9 Å². The van der Waals surface area contributed by atoms with Crippen LogP contribution in [-0.4, -0.2) is 36.9 Å². The van der Waals surface area contributed by atoms with E-state index in [4.69, 9.17) is 19.3 Å². The van der Waals surface area contributed by atoms with Gasteiger partial charge in [0.1, 0.15) is 24.7 Å². The van der Waals surface area contributed by atoms with Gasteiger partial charge in [0.05, 0.1) is 6.61 Å². The van der Waals surface area contributed by atoms with Crippen molar-refractivity contribution in [1.82, 2.24) is 0 Å². The van der Waals surface area contributed by atoms with Crippen molar-refractivity contribution in [3.05, 3.63) is 119 Å². The molecule has 0 fully saturated rings. The first-order valence-electron chi connectivity index (χ1n) is 13.7. The first-order chi connectivity index (χ1) is 20.4. The normalized spacial score (nSPS) is 10.1. The van der Waals surface area contributed by atoms with Crippen LogP contribution in [0.1, 0.15) is 53.5 Å². The Morgan fingerprint density at radius 1 is 0.762 bits per heavy atom. The zero-order chi connectivity index (χ0) is 30.0. The molecule has 0 aliphatic heterocycles. The Morgan fingerprint density at radius 3 is 1.98 bits per heavy atom. The number of carboxylic acids is 1. The average molecular weight is 563 g/mol. The van der Waals surface area contributed by atoms with Crippen molar-refractivity contribution in [3.8, 4) is 35.2 Å². The van der Waals surface area contributed by atoms with E-state index in [2.05, 4.69) is 30.3 Å². The Morgan fingerprint density at radius 2 is 1.36 bits per heavy atom. The average Bonchev–Trinajstić information content (AvgIpc) is 3.00. The summed E-state index contributed by atoms with van der Waals surface area (Å²) in [5, 5.41) is 8.57. The third kappa shape index (κ3) is 11.9. The van der Waals surface area contributed by atoms with E-state index in [-0.39, 0.29) is 13.2 Å². The van der Waals surface area contributed by atoms with Gasteiger partial charge in [-0.1, -0.05) is 36.3 Å². The number of hydrogen-bond donors (Lipinski definition) is 1. The summed E-state index contributed by atoms with van der Waals surface area (Å²) in [6.07, 6.45) is 7.60. The van der Waals surface area contributed by atoms with Gasteiger partial charge in [-0.15, -0.1) is 0 Å². The quantitative estimate of drug-likeness (QED) is 0.111. The molecule has 3 aromatic carbocycles. The van der Waals surface area contributed by atoms with E-state index in [9.17, 15) is 9.59 Å². The fourth-order valence-corrected chi connectivity index (χ4v) is 3.71. The molecule has 0 bridgehead atoms. The van der Waals surface area contributed by atoms with Crippen LogP contribution >= 0.6 is 0 Å². The van der Waals surface area contributed by atoms with Crippen LogP contribution in [0.5, 0.6) is 11.5 Å². The van der Waals surface area contributed by atoms with E-state index in [1.54, 1.807) is 6.08 Å². The van der Waals surface area contributed by atoms with E-state index in [1.807, 2.05) is 73.7 Å². The number of allylic oxidation sites excluding steroid dienone is 1. The van der Waals surface area contributed by atoms with E-state index < -0.39 is 11.9 Å². The Kier molecular flexibility index (Phi) is 13.0. The maximum Gasteiger partial charge on any atom is 0.330 e. The first kappa shape index (κ1) is 31.3. The van der Waals surface area contributed by atoms with Crippen LogP contribution in [0, 0.1) is 30.6 Å². The molecule has 0 atom stereocenters. The lowest BCUT2D eigenvalue weighted by Gasteiger charge is -2.06. The standard InChI is InChI=1S/C36H34O6/c1-3-36(39)42-26-25-41-34-22-16-30(17-23-34)12-18-32-19-13-31(27-28(32)2)11-10-29-14-20-33(21-15-29)40-24-8-6-4-5-7-9-35(37)38/h3,7,9,13-17,19-23,27H,1,4-6,8,24-26H2,2H3,(H,37,38). The highest BCUT2D eigenvalue weighted by molar-refractivity contribution is 5.81. The van der Waals surface area contributed by atoms with E-state index in [1.165, 1.54) is 6.08 Å². The summed E-state index contributed by atoms with van der Waals surface area (Å²) >= 11 is 0. The van der Waals surface area contributed by atoms with Gasteiger partial charge in [0.25, 0.3) is 0 Å². The van der Waals surface area contributed by atoms with Gasteiger partial charge in [0, 0.05) is 34.4 Å². The minimum Gasteiger partial charge on any atom is -0.494 e. The van der Waals surface area contributed by atoms with Crippen LogP contribution < -0.4 is 9.47 Å². The summed E-state index contributed by atoms with van der Waals surface area (Å²) in [6.45, 7) is 6.41. The summed E-state index contributed by atoms with van der Waals surface area (Å²) in [5.41, 5.74) is 4.66. The predicted octanol–water partition coefficient (Wildman–Crippen LogP) is 6.48. The number of carboxylic acid groups (broad SMARTS) is 1. The number of aliphatic carboxylic acids is 1. The highest BCUT2D eigenvalue weighted by atomic mass is 16.6. The van der Waals surface area contributed by atoms with E-state index in [0.29, 0.717) is 12.4 Å². The van der Waals surface area contributed by atoms with Crippen LogP contribution in [0.15, 0.2) is 91.5 Å². The number of aryl methyl sites for hydroxylation is 1. The minimum absolute atomic E-state index is 0.160. The summed E-state index contributed by atoms with van der Waals surface area (Å²) in [5.74, 6) is 12.9. The molecular formula is C36H34O6. The molecule has 6 nitrogen and oxygen atoms in total. The molecule has 0 aliphatic rings. The number of unbranched alkanes of at least 4 members (excludes halogenated alkanes) is 3. The highest BCUT2D eigenvalue weighted by Gasteiger charge is 2.00.